The van der Waals surface area contributed by atoms with Crippen LogP contribution in [0.3, 0.4) is 0 Å². The molecule has 1 fully saturated rings. The van der Waals surface area contributed by atoms with Crippen LogP contribution in [0.25, 0.3) is 5.69 Å². The summed E-state index contributed by atoms with van der Waals surface area (Å²) >= 11 is 0. The minimum absolute atomic E-state index is 0. The largest absolute Gasteiger partial charge is 0.435 e. The molecular formula is C16H18ClF3N4O2. The predicted octanol–water partition coefficient (Wildman–Crippen LogP) is 1.92. The number of halogens is 4. The van der Waals surface area contributed by atoms with Gasteiger partial charge in [-0.15, -0.1) is 12.4 Å². The van der Waals surface area contributed by atoms with Crippen molar-refractivity contribution in [3.63, 3.8) is 0 Å². The number of carbonyl (C=O) groups is 1. The Morgan fingerprint density at radius 1 is 1.31 bits per heavy atom. The molecule has 1 saturated heterocycles. The molecule has 3 rings (SSSR count). The summed E-state index contributed by atoms with van der Waals surface area (Å²) in [6, 6.07) is 7.67. The van der Waals surface area contributed by atoms with E-state index in [0.29, 0.717) is 25.4 Å². The maximum Gasteiger partial charge on any atom is 0.435 e. The fraction of sp³-hybridized carbons (Fsp3) is 0.375. The van der Waals surface area contributed by atoms with Gasteiger partial charge in [0.1, 0.15) is 6.10 Å². The second-order valence-electron chi connectivity index (χ2n) is 5.59. The smallest absolute Gasteiger partial charge is 0.366 e. The van der Waals surface area contributed by atoms with Crippen molar-refractivity contribution in [2.24, 2.45) is 0 Å². The zero-order valence-electron chi connectivity index (χ0n) is 13.6. The van der Waals surface area contributed by atoms with E-state index in [1.54, 1.807) is 24.3 Å². The Morgan fingerprint density at radius 2 is 2.04 bits per heavy atom. The zero-order valence-corrected chi connectivity index (χ0v) is 14.4. The Balaban J connectivity index is 0.00000243. The number of rotatable bonds is 4. The van der Waals surface area contributed by atoms with Gasteiger partial charge in [0.05, 0.1) is 12.3 Å². The summed E-state index contributed by atoms with van der Waals surface area (Å²) in [7, 11) is 0. The minimum atomic E-state index is -4.47. The van der Waals surface area contributed by atoms with Crippen LogP contribution in [0.1, 0.15) is 11.3 Å². The first kappa shape index (κ1) is 20.2. The maximum atomic E-state index is 12.6. The summed E-state index contributed by atoms with van der Waals surface area (Å²) in [5, 5.41) is 9.37. The number of nitrogens with one attached hydrogen (secondary N) is 2. The van der Waals surface area contributed by atoms with Crippen molar-refractivity contribution in [2.75, 3.05) is 19.7 Å². The van der Waals surface area contributed by atoms with Gasteiger partial charge in [-0.1, -0.05) is 12.1 Å². The maximum absolute atomic E-state index is 12.6. The molecule has 2 aromatic rings. The standard InChI is InChI=1S/C16H17F3N4O2.ClH/c17-16(18,19)14-5-7-23(22-14)12-3-1-11(2-4-12)9-21-15(24)13-10-20-6-8-25-13;/h1-5,7,13,20H,6,8-10H2,(H,21,24);1H. The summed E-state index contributed by atoms with van der Waals surface area (Å²) in [6.07, 6.45) is -3.71. The van der Waals surface area contributed by atoms with Crippen LogP contribution in [0.4, 0.5) is 13.2 Å². The highest BCUT2D eigenvalue weighted by molar-refractivity contribution is 5.85. The van der Waals surface area contributed by atoms with Crippen LogP contribution in [0.5, 0.6) is 0 Å². The van der Waals surface area contributed by atoms with Gasteiger partial charge in [0.25, 0.3) is 5.91 Å². The number of aromatic nitrogens is 2. The van der Waals surface area contributed by atoms with Crippen molar-refractivity contribution in [2.45, 2.75) is 18.8 Å². The minimum Gasteiger partial charge on any atom is -0.366 e. The van der Waals surface area contributed by atoms with Crippen molar-refractivity contribution in [3.8, 4) is 5.69 Å². The van der Waals surface area contributed by atoms with E-state index in [1.165, 1.54) is 6.20 Å². The number of morpholine rings is 1. The SMILES string of the molecule is Cl.O=C(NCc1ccc(-n2ccc(C(F)(F)F)n2)cc1)C1CNCCO1. The van der Waals surface area contributed by atoms with Gasteiger partial charge in [-0.25, -0.2) is 4.68 Å². The van der Waals surface area contributed by atoms with Crippen LogP contribution >= 0.6 is 12.4 Å². The molecule has 0 radical (unpaired) electrons. The predicted molar refractivity (Wildman–Crippen MR) is 90.3 cm³/mol. The second-order valence-corrected chi connectivity index (χ2v) is 5.59. The quantitative estimate of drug-likeness (QED) is 0.837. The number of amides is 1. The highest BCUT2D eigenvalue weighted by Crippen LogP contribution is 2.27. The average molecular weight is 391 g/mol. The Hall–Kier alpha value is -2.10. The molecule has 10 heteroatoms. The lowest BCUT2D eigenvalue weighted by molar-refractivity contribution is -0.141. The number of carbonyl (C=O) groups excluding carboxylic acids is 1. The third-order valence-corrected chi connectivity index (χ3v) is 3.77. The monoisotopic (exact) mass is 390 g/mol. The highest BCUT2D eigenvalue weighted by Gasteiger charge is 2.33. The van der Waals surface area contributed by atoms with Crippen LogP contribution in [0.2, 0.25) is 0 Å². The molecule has 2 N–H and O–H groups in total. The van der Waals surface area contributed by atoms with Crippen LogP contribution in [-0.4, -0.2) is 41.5 Å². The summed E-state index contributed by atoms with van der Waals surface area (Å²) in [6.45, 7) is 2.02. The van der Waals surface area contributed by atoms with Gasteiger partial charge in [-0.2, -0.15) is 18.3 Å². The normalized spacial score (nSPS) is 17.4. The lowest BCUT2D eigenvalue weighted by atomic mass is 10.2. The molecule has 1 atom stereocenters. The molecule has 0 aliphatic carbocycles. The number of ether oxygens (including phenoxy) is 1. The third kappa shape index (κ3) is 4.96. The molecule has 0 spiro atoms. The van der Waals surface area contributed by atoms with Crippen LogP contribution < -0.4 is 10.6 Å². The topological polar surface area (TPSA) is 68.2 Å². The number of benzene rings is 1. The zero-order chi connectivity index (χ0) is 17.9. The third-order valence-electron chi connectivity index (χ3n) is 3.77. The summed E-state index contributed by atoms with van der Waals surface area (Å²) in [5.74, 6) is -0.196. The molecule has 0 saturated carbocycles. The molecule has 1 aromatic carbocycles. The molecule has 142 valence electrons. The second kappa shape index (κ2) is 8.52. The Morgan fingerprint density at radius 3 is 2.62 bits per heavy atom. The van der Waals surface area contributed by atoms with Crippen molar-refractivity contribution < 1.29 is 22.7 Å². The summed E-state index contributed by atoms with van der Waals surface area (Å²) in [4.78, 5) is 12.0. The van der Waals surface area contributed by atoms with E-state index in [2.05, 4.69) is 15.7 Å². The van der Waals surface area contributed by atoms with Crippen molar-refractivity contribution >= 4 is 18.3 Å². The van der Waals surface area contributed by atoms with Gasteiger partial charge in [-0.05, 0) is 23.8 Å². The molecule has 26 heavy (non-hydrogen) atoms. The Labute approximate surface area is 154 Å². The molecule has 1 unspecified atom stereocenters. The fourth-order valence-electron chi connectivity index (χ4n) is 2.42. The Kier molecular flexibility index (Phi) is 6.63. The molecule has 1 aliphatic rings. The van der Waals surface area contributed by atoms with Gasteiger partial charge in [0.15, 0.2) is 5.69 Å². The number of nitrogens with zero attached hydrogens (tertiary/aromatic N) is 2. The molecular weight excluding hydrogens is 373 g/mol. The van der Waals surface area contributed by atoms with Gasteiger partial charge in [0.2, 0.25) is 0 Å². The summed E-state index contributed by atoms with van der Waals surface area (Å²) in [5.41, 5.74) is 0.388. The lowest BCUT2D eigenvalue weighted by Crippen LogP contribution is -2.47. The number of hydrogen-bond donors (Lipinski definition) is 2. The van der Waals surface area contributed by atoms with E-state index in [9.17, 15) is 18.0 Å². The van der Waals surface area contributed by atoms with Crippen molar-refractivity contribution in [3.05, 3.63) is 47.8 Å². The molecule has 2 heterocycles. The van der Waals surface area contributed by atoms with E-state index >= 15 is 0 Å². The van der Waals surface area contributed by atoms with Gasteiger partial charge < -0.3 is 15.4 Å². The average Bonchev–Trinajstić information content (AvgIpc) is 3.11. The van der Waals surface area contributed by atoms with Gasteiger partial charge in [0, 0.05) is 25.8 Å². The molecule has 1 aromatic heterocycles. The number of hydrogen-bond acceptors (Lipinski definition) is 4. The molecule has 0 bridgehead atoms. The fourth-order valence-corrected chi connectivity index (χ4v) is 2.42. The Bertz CT molecular complexity index is 728. The summed E-state index contributed by atoms with van der Waals surface area (Å²) < 4.78 is 44.3. The van der Waals surface area contributed by atoms with E-state index in [4.69, 9.17) is 4.74 Å². The molecule has 6 nitrogen and oxygen atoms in total. The van der Waals surface area contributed by atoms with E-state index in [0.717, 1.165) is 22.9 Å². The molecule has 1 aliphatic heterocycles. The molecule has 1 amide bonds. The van der Waals surface area contributed by atoms with Gasteiger partial charge >= 0.3 is 6.18 Å². The highest BCUT2D eigenvalue weighted by atomic mass is 35.5. The van der Waals surface area contributed by atoms with Crippen LogP contribution in [-0.2, 0) is 22.3 Å². The van der Waals surface area contributed by atoms with Crippen LogP contribution in [0, 0.1) is 0 Å². The number of alkyl halides is 3. The van der Waals surface area contributed by atoms with Crippen LogP contribution in [0.15, 0.2) is 36.5 Å². The van der Waals surface area contributed by atoms with E-state index in [-0.39, 0.29) is 18.3 Å². The van der Waals surface area contributed by atoms with E-state index < -0.39 is 18.0 Å². The van der Waals surface area contributed by atoms with E-state index in [1.807, 2.05) is 0 Å². The van der Waals surface area contributed by atoms with Crippen molar-refractivity contribution in [1.29, 1.82) is 0 Å². The first-order chi connectivity index (χ1) is 11.9. The van der Waals surface area contributed by atoms with Crippen molar-refractivity contribution in [1.82, 2.24) is 20.4 Å². The van der Waals surface area contributed by atoms with Gasteiger partial charge in [-0.3, -0.25) is 4.79 Å². The lowest BCUT2D eigenvalue weighted by Gasteiger charge is -2.22. The first-order valence-corrected chi connectivity index (χ1v) is 7.76. The first-order valence-electron chi connectivity index (χ1n) is 7.76.